The molecule has 17 heavy (non-hydrogen) atoms. The van der Waals surface area contributed by atoms with E-state index in [-0.39, 0.29) is 11.9 Å². The summed E-state index contributed by atoms with van der Waals surface area (Å²) in [5.41, 5.74) is 1.05. The molecule has 2 N–H and O–H groups in total. The molecule has 0 saturated carbocycles. The number of likely N-dealkylation sites (N-methyl/N-ethyl adjacent to an activating group) is 1. The van der Waals surface area contributed by atoms with E-state index in [1.807, 2.05) is 38.1 Å². The molecular formula is C13H19ClN2O. The minimum absolute atomic E-state index is 0.0127. The second kappa shape index (κ2) is 7.30. The molecule has 0 aromatic heterocycles. The van der Waals surface area contributed by atoms with Gasteiger partial charge >= 0.3 is 0 Å². The van der Waals surface area contributed by atoms with Gasteiger partial charge in [-0.3, -0.25) is 4.79 Å². The fourth-order valence-electron chi connectivity index (χ4n) is 1.63. The van der Waals surface area contributed by atoms with E-state index in [0.29, 0.717) is 11.6 Å². The molecular weight excluding hydrogens is 236 g/mol. The van der Waals surface area contributed by atoms with Gasteiger partial charge in [-0.05, 0) is 30.7 Å². The largest absolute Gasteiger partial charge is 0.348 e. The van der Waals surface area contributed by atoms with Gasteiger partial charge in [0.05, 0.1) is 12.6 Å². The normalized spacial score (nSPS) is 12.2. The van der Waals surface area contributed by atoms with Gasteiger partial charge in [0.25, 0.3) is 0 Å². The maximum atomic E-state index is 11.6. The molecule has 0 bridgehead atoms. The standard InChI is InChI=1S/C13H19ClN2O/c1-3-12(16-13(17)9-15-4-2)10-6-5-7-11(14)8-10/h5-8,12,15H,3-4,9H2,1-2H3,(H,16,17). The lowest BCUT2D eigenvalue weighted by Crippen LogP contribution is -2.36. The first-order valence-corrected chi connectivity index (χ1v) is 6.30. The van der Waals surface area contributed by atoms with E-state index in [1.54, 1.807) is 0 Å². The Morgan fingerprint density at radius 3 is 2.76 bits per heavy atom. The SMILES string of the molecule is CCNCC(=O)NC(CC)c1cccc(Cl)c1. The third-order valence-corrected chi connectivity index (χ3v) is 2.77. The van der Waals surface area contributed by atoms with Crippen molar-refractivity contribution in [3.05, 3.63) is 34.9 Å². The summed E-state index contributed by atoms with van der Waals surface area (Å²) in [5, 5.41) is 6.68. The number of carbonyl (C=O) groups is 1. The fourth-order valence-corrected chi connectivity index (χ4v) is 1.83. The van der Waals surface area contributed by atoms with Crippen LogP contribution in [0.4, 0.5) is 0 Å². The van der Waals surface area contributed by atoms with Crippen LogP contribution in [0.3, 0.4) is 0 Å². The van der Waals surface area contributed by atoms with Crippen LogP contribution in [0, 0.1) is 0 Å². The summed E-state index contributed by atoms with van der Waals surface area (Å²) in [6.07, 6.45) is 0.845. The Kier molecular flexibility index (Phi) is 6.01. The lowest BCUT2D eigenvalue weighted by atomic mass is 10.0. The van der Waals surface area contributed by atoms with Gasteiger partial charge < -0.3 is 10.6 Å². The van der Waals surface area contributed by atoms with Crippen molar-refractivity contribution in [1.82, 2.24) is 10.6 Å². The van der Waals surface area contributed by atoms with Crippen molar-refractivity contribution in [2.45, 2.75) is 26.3 Å². The summed E-state index contributed by atoms with van der Waals surface area (Å²) in [5.74, 6) is 0.0127. The molecule has 1 aromatic carbocycles. The highest BCUT2D eigenvalue weighted by atomic mass is 35.5. The minimum atomic E-state index is 0.0127. The van der Waals surface area contributed by atoms with Gasteiger partial charge in [-0.1, -0.05) is 37.6 Å². The average Bonchev–Trinajstić information content (AvgIpc) is 2.33. The van der Waals surface area contributed by atoms with Crippen LogP contribution in [0.2, 0.25) is 5.02 Å². The van der Waals surface area contributed by atoms with Gasteiger partial charge in [-0.15, -0.1) is 0 Å². The van der Waals surface area contributed by atoms with E-state index in [1.165, 1.54) is 0 Å². The third-order valence-electron chi connectivity index (χ3n) is 2.53. The molecule has 0 fully saturated rings. The van der Waals surface area contributed by atoms with Crippen molar-refractivity contribution in [2.24, 2.45) is 0 Å². The first kappa shape index (κ1) is 14.0. The molecule has 0 saturated heterocycles. The van der Waals surface area contributed by atoms with Crippen LogP contribution in [0.25, 0.3) is 0 Å². The molecule has 94 valence electrons. The second-order valence-corrected chi connectivity index (χ2v) is 4.30. The van der Waals surface area contributed by atoms with E-state index in [2.05, 4.69) is 10.6 Å². The van der Waals surface area contributed by atoms with E-state index >= 15 is 0 Å². The summed E-state index contributed by atoms with van der Waals surface area (Å²) in [7, 11) is 0. The molecule has 1 atom stereocenters. The summed E-state index contributed by atoms with van der Waals surface area (Å²) < 4.78 is 0. The minimum Gasteiger partial charge on any atom is -0.348 e. The lowest BCUT2D eigenvalue weighted by molar-refractivity contribution is -0.121. The predicted octanol–water partition coefficient (Wildman–Crippen LogP) is 2.52. The first-order valence-electron chi connectivity index (χ1n) is 5.92. The molecule has 1 unspecified atom stereocenters. The van der Waals surface area contributed by atoms with Crippen molar-refractivity contribution < 1.29 is 4.79 Å². The quantitative estimate of drug-likeness (QED) is 0.819. The highest BCUT2D eigenvalue weighted by Gasteiger charge is 2.12. The molecule has 1 amide bonds. The van der Waals surface area contributed by atoms with Crippen LogP contribution in [-0.2, 0) is 4.79 Å². The number of rotatable bonds is 6. The van der Waals surface area contributed by atoms with Crippen LogP contribution in [0.5, 0.6) is 0 Å². The zero-order valence-electron chi connectivity index (χ0n) is 10.3. The Morgan fingerprint density at radius 1 is 1.41 bits per heavy atom. The summed E-state index contributed by atoms with van der Waals surface area (Å²) in [4.78, 5) is 11.6. The predicted molar refractivity (Wildman–Crippen MR) is 71.2 cm³/mol. The molecule has 0 spiro atoms. The van der Waals surface area contributed by atoms with Crippen molar-refractivity contribution in [1.29, 1.82) is 0 Å². The molecule has 0 radical (unpaired) electrons. The average molecular weight is 255 g/mol. The molecule has 4 heteroatoms. The molecule has 1 rings (SSSR count). The maximum absolute atomic E-state index is 11.6. The number of benzene rings is 1. The number of hydrogen-bond donors (Lipinski definition) is 2. The number of amides is 1. The smallest absolute Gasteiger partial charge is 0.234 e. The Morgan fingerprint density at radius 2 is 2.18 bits per heavy atom. The first-order chi connectivity index (χ1) is 8.17. The van der Waals surface area contributed by atoms with Crippen molar-refractivity contribution >= 4 is 17.5 Å². The number of hydrogen-bond acceptors (Lipinski definition) is 2. The molecule has 0 aliphatic carbocycles. The molecule has 1 aromatic rings. The maximum Gasteiger partial charge on any atom is 0.234 e. The van der Waals surface area contributed by atoms with Gasteiger partial charge in [0, 0.05) is 5.02 Å². The Hall–Kier alpha value is -1.06. The Labute approximate surface area is 108 Å². The monoisotopic (exact) mass is 254 g/mol. The van der Waals surface area contributed by atoms with Crippen molar-refractivity contribution in [2.75, 3.05) is 13.1 Å². The van der Waals surface area contributed by atoms with Crippen molar-refractivity contribution in [3.63, 3.8) is 0 Å². The van der Waals surface area contributed by atoms with Gasteiger partial charge in [0.1, 0.15) is 0 Å². The van der Waals surface area contributed by atoms with Gasteiger partial charge in [0.2, 0.25) is 5.91 Å². The van der Waals surface area contributed by atoms with Crippen LogP contribution >= 0.6 is 11.6 Å². The highest BCUT2D eigenvalue weighted by Crippen LogP contribution is 2.19. The van der Waals surface area contributed by atoms with E-state index in [0.717, 1.165) is 18.5 Å². The van der Waals surface area contributed by atoms with Crippen LogP contribution in [-0.4, -0.2) is 19.0 Å². The number of nitrogens with one attached hydrogen (secondary N) is 2. The molecule has 0 heterocycles. The zero-order valence-corrected chi connectivity index (χ0v) is 11.1. The third kappa shape index (κ3) is 4.75. The molecule has 0 aliphatic heterocycles. The van der Waals surface area contributed by atoms with Crippen LogP contribution < -0.4 is 10.6 Å². The number of carbonyl (C=O) groups excluding carboxylic acids is 1. The van der Waals surface area contributed by atoms with E-state index in [4.69, 9.17) is 11.6 Å². The van der Waals surface area contributed by atoms with Gasteiger partial charge in [-0.2, -0.15) is 0 Å². The summed E-state index contributed by atoms with van der Waals surface area (Å²) in [6, 6.07) is 7.63. The summed E-state index contributed by atoms with van der Waals surface area (Å²) in [6.45, 7) is 5.16. The zero-order chi connectivity index (χ0) is 12.7. The Bertz CT molecular complexity index is 368. The number of halogens is 1. The highest BCUT2D eigenvalue weighted by molar-refractivity contribution is 6.30. The van der Waals surface area contributed by atoms with Gasteiger partial charge in [0.15, 0.2) is 0 Å². The summed E-state index contributed by atoms with van der Waals surface area (Å²) >= 11 is 5.94. The van der Waals surface area contributed by atoms with E-state index in [9.17, 15) is 4.79 Å². The van der Waals surface area contributed by atoms with Crippen LogP contribution in [0.15, 0.2) is 24.3 Å². The Balaban J connectivity index is 2.62. The van der Waals surface area contributed by atoms with E-state index < -0.39 is 0 Å². The second-order valence-electron chi connectivity index (χ2n) is 3.86. The van der Waals surface area contributed by atoms with Gasteiger partial charge in [-0.25, -0.2) is 0 Å². The molecule has 3 nitrogen and oxygen atoms in total. The lowest BCUT2D eigenvalue weighted by Gasteiger charge is -2.17. The molecule has 0 aliphatic rings. The fraction of sp³-hybridized carbons (Fsp3) is 0.462. The van der Waals surface area contributed by atoms with Crippen molar-refractivity contribution in [3.8, 4) is 0 Å². The topological polar surface area (TPSA) is 41.1 Å². The van der Waals surface area contributed by atoms with Crippen LogP contribution in [0.1, 0.15) is 31.9 Å².